The molecule has 9 heteroatoms. The number of anilines is 1. The average Bonchev–Trinajstić information content (AvgIpc) is 3.50. The van der Waals surface area contributed by atoms with Crippen molar-refractivity contribution in [2.24, 2.45) is 5.41 Å². The summed E-state index contributed by atoms with van der Waals surface area (Å²) in [4.78, 5) is 13.4. The second kappa shape index (κ2) is 6.51. The largest absolute Gasteiger partial charge is 0.474 e. The van der Waals surface area contributed by atoms with Crippen LogP contribution in [0.4, 0.5) is 5.82 Å². The van der Waals surface area contributed by atoms with Gasteiger partial charge in [-0.2, -0.15) is 4.98 Å². The lowest BCUT2D eigenvalue weighted by Crippen LogP contribution is -2.08. The van der Waals surface area contributed by atoms with E-state index in [0.717, 1.165) is 34.4 Å². The predicted octanol–water partition coefficient (Wildman–Crippen LogP) is 2.07. The van der Waals surface area contributed by atoms with Crippen LogP contribution in [0.15, 0.2) is 24.4 Å². The van der Waals surface area contributed by atoms with Crippen LogP contribution in [-0.2, 0) is 6.54 Å². The van der Waals surface area contributed by atoms with E-state index in [-0.39, 0.29) is 11.5 Å². The van der Waals surface area contributed by atoms with E-state index in [1.54, 1.807) is 17.5 Å². The van der Waals surface area contributed by atoms with Crippen molar-refractivity contribution in [1.29, 1.82) is 0 Å². The number of ether oxygens (including phenoxy) is 1. The van der Waals surface area contributed by atoms with Gasteiger partial charge < -0.3 is 10.1 Å². The van der Waals surface area contributed by atoms with Crippen molar-refractivity contribution in [3.05, 3.63) is 45.9 Å². The highest BCUT2D eigenvalue weighted by Gasteiger charge is 2.73. The van der Waals surface area contributed by atoms with Crippen molar-refractivity contribution in [3.8, 4) is 5.88 Å². The molecule has 2 aliphatic rings. The molecule has 5 rings (SSSR count). The van der Waals surface area contributed by atoms with Gasteiger partial charge in [0.1, 0.15) is 35.6 Å². The van der Waals surface area contributed by atoms with Gasteiger partial charge in [-0.05, 0) is 32.8 Å². The fraction of sp³-hybridized carbons (Fsp3) is 0.421. The van der Waals surface area contributed by atoms with Crippen molar-refractivity contribution in [3.63, 3.8) is 0 Å². The molecule has 1 spiro atoms. The van der Waals surface area contributed by atoms with Crippen LogP contribution in [0.2, 0.25) is 0 Å². The molecule has 28 heavy (non-hydrogen) atoms. The third kappa shape index (κ3) is 3.35. The van der Waals surface area contributed by atoms with Gasteiger partial charge in [0.05, 0.1) is 6.54 Å². The molecule has 2 saturated carbocycles. The standard InChI is InChI=1S/C19H19BN6OS/c1-10-23-16(22-9-18-26-25-11(2)28-18)5-17(24-10)27-15-7-19(15)6-13(19)14-4-3-12(20)8-21-14/h3-5,8,13,15H,6-7,9H2,1-2H3,(H,22,23,24)/t13-,15-,19?/m1/s1. The van der Waals surface area contributed by atoms with Gasteiger partial charge in [0.25, 0.3) is 0 Å². The van der Waals surface area contributed by atoms with Gasteiger partial charge in [0.15, 0.2) is 0 Å². The van der Waals surface area contributed by atoms with Crippen molar-refractivity contribution >= 4 is 30.5 Å². The maximum atomic E-state index is 6.19. The van der Waals surface area contributed by atoms with Crippen molar-refractivity contribution in [2.75, 3.05) is 5.32 Å². The molecule has 0 aliphatic heterocycles. The fourth-order valence-electron chi connectivity index (χ4n) is 3.78. The maximum absolute atomic E-state index is 6.19. The smallest absolute Gasteiger partial charge is 0.219 e. The van der Waals surface area contributed by atoms with Gasteiger partial charge >= 0.3 is 0 Å². The van der Waals surface area contributed by atoms with Gasteiger partial charge in [-0.25, -0.2) is 4.98 Å². The molecule has 3 aromatic heterocycles. The van der Waals surface area contributed by atoms with Crippen LogP contribution in [0.25, 0.3) is 0 Å². The van der Waals surface area contributed by atoms with Gasteiger partial charge in [-0.1, -0.05) is 22.9 Å². The number of hydrogen-bond donors (Lipinski definition) is 1. The Labute approximate surface area is 168 Å². The molecule has 0 bridgehead atoms. The summed E-state index contributed by atoms with van der Waals surface area (Å²) in [6.07, 6.45) is 4.06. The second-order valence-corrected chi connectivity index (χ2v) is 8.79. The molecule has 7 nitrogen and oxygen atoms in total. The summed E-state index contributed by atoms with van der Waals surface area (Å²) in [5.41, 5.74) is 2.02. The molecule has 1 N–H and O–H groups in total. The molecular weight excluding hydrogens is 371 g/mol. The summed E-state index contributed by atoms with van der Waals surface area (Å²) in [6.45, 7) is 4.39. The first-order valence-electron chi connectivity index (χ1n) is 9.28. The van der Waals surface area contributed by atoms with Crippen molar-refractivity contribution in [2.45, 2.75) is 45.3 Å². The summed E-state index contributed by atoms with van der Waals surface area (Å²) in [7, 11) is 5.74. The Balaban J connectivity index is 1.23. The van der Waals surface area contributed by atoms with E-state index in [0.29, 0.717) is 29.6 Å². The minimum Gasteiger partial charge on any atom is -0.474 e. The highest BCUT2D eigenvalue weighted by molar-refractivity contribution is 7.11. The highest BCUT2D eigenvalue weighted by Crippen LogP contribution is 2.75. The summed E-state index contributed by atoms with van der Waals surface area (Å²) >= 11 is 1.57. The van der Waals surface area contributed by atoms with Gasteiger partial charge in [0, 0.05) is 29.3 Å². The summed E-state index contributed by atoms with van der Waals surface area (Å²) < 4.78 is 6.19. The number of nitrogens with one attached hydrogen (secondary N) is 1. The Hall–Kier alpha value is -2.55. The lowest BCUT2D eigenvalue weighted by molar-refractivity contribution is 0.266. The summed E-state index contributed by atoms with van der Waals surface area (Å²) in [5.74, 6) is 2.48. The van der Waals surface area contributed by atoms with E-state index >= 15 is 0 Å². The Kier molecular flexibility index (Phi) is 4.08. The molecule has 0 amide bonds. The van der Waals surface area contributed by atoms with Crippen molar-refractivity contribution < 1.29 is 4.74 Å². The van der Waals surface area contributed by atoms with E-state index in [2.05, 4.69) is 30.5 Å². The molecule has 3 atom stereocenters. The summed E-state index contributed by atoms with van der Waals surface area (Å²) in [5, 5.41) is 13.3. The van der Waals surface area contributed by atoms with E-state index < -0.39 is 0 Å². The zero-order valence-electron chi connectivity index (χ0n) is 15.7. The monoisotopic (exact) mass is 390 g/mol. The quantitative estimate of drug-likeness (QED) is 0.645. The first kappa shape index (κ1) is 17.5. The van der Waals surface area contributed by atoms with E-state index in [4.69, 9.17) is 12.6 Å². The van der Waals surface area contributed by atoms with Crippen LogP contribution in [0.5, 0.6) is 5.88 Å². The lowest BCUT2D eigenvalue weighted by Gasteiger charge is -2.09. The molecule has 2 fully saturated rings. The van der Waals surface area contributed by atoms with Crippen LogP contribution in [0.3, 0.4) is 0 Å². The van der Waals surface area contributed by atoms with Crippen LogP contribution >= 0.6 is 11.3 Å². The number of nitrogens with zero attached hydrogens (tertiary/aromatic N) is 5. The first-order chi connectivity index (χ1) is 13.5. The number of pyridine rings is 1. The normalized spacial score (nSPS) is 24.9. The van der Waals surface area contributed by atoms with Crippen LogP contribution < -0.4 is 15.5 Å². The molecular formula is C19H19BN6OS. The number of rotatable bonds is 6. The van der Waals surface area contributed by atoms with Gasteiger partial charge in [-0.3, -0.25) is 4.98 Å². The lowest BCUT2D eigenvalue weighted by atomic mass is 9.98. The topological polar surface area (TPSA) is 85.7 Å². The SMILES string of the molecule is [B]c1ccc([C@H]2CC23C[C@H]3Oc2cc(NCc3nnc(C)s3)nc(C)n2)nc1. The Morgan fingerprint density at radius 3 is 2.89 bits per heavy atom. The molecule has 3 heterocycles. The third-order valence-corrected chi connectivity index (χ3v) is 6.24. The Morgan fingerprint density at radius 2 is 2.14 bits per heavy atom. The zero-order chi connectivity index (χ0) is 19.3. The molecule has 3 aromatic rings. The number of hydrogen-bond acceptors (Lipinski definition) is 8. The summed E-state index contributed by atoms with van der Waals surface area (Å²) in [6, 6.07) is 5.79. The fourth-order valence-corrected chi connectivity index (χ4v) is 4.43. The molecule has 2 aliphatic carbocycles. The van der Waals surface area contributed by atoms with Gasteiger partial charge in [-0.15, -0.1) is 10.2 Å². The second-order valence-electron chi connectivity index (χ2n) is 7.52. The highest BCUT2D eigenvalue weighted by atomic mass is 32.1. The first-order valence-corrected chi connectivity index (χ1v) is 10.1. The molecule has 0 aromatic carbocycles. The Bertz CT molecular complexity index is 1030. The van der Waals surface area contributed by atoms with Crippen molar-refractivity contribution in [1.82, 2.24) is 25.1 Å². The molecule has 2 radical (unpaired) electrons. The molecule has 140 valence electrons. The average molecular weight is 390 g/mol. The van der Waals surface area contributed by atoms with E-state index in [1.165, 1.54) is 0 Å². The molecule has 0 saturated heterocycles. The maximum Gasteiger partial charge on any atom is 0.219 e. The van der Waals surface area contributed by atoms with Gasteiger partial charge in [0.2, 0.25) is 5.88 Å². The number of aromatic nitrogens is 5. The van der Waals surface area contributed by atoms with E-state index in [9.17, 15) is 0 Å². The minimum absolute atomic E-state index is 0.185. The van der Waals surface area contributed by atoms with Crippen LogP contribution in [-0.4, -0.2) is 39.1 Å². The van der Waals surface area contributed by atoms with Crippen LogP contribution in [0.1, 0.15) is 40.3 Å². The van der Waals surface area contributed by atoms with Crippen LogP contribution in [0, 0.1) is 19.3 Å². The zero-order valence-corrected chi connectivity index (χ0v) is 16.5. The predicted molar refractivity (Wildman–Crippen MR) is 107 cm³/mol. The Morgan fingerprint density at radius 1 is 1.25 bits per heavy atom. The minimum atomic E-state index is 0.185. The van der Waals surface area contributed by atoms with E-state index in [1.807, 2.05) is 32.0 Å². The number of aryl methyl sites for hydroxylation is 2. The third-order valence-electron chi connectivity index (χ3n) is 5.40. The molecule has 1 unspecified atom stereocenters.